The van der Waals surface area contributed by atoms with Crippen LogP contribution in [0.3, 0.4) is 0 Å². The van der Waals surface area contributed by atoms with Gasteiger partial charge < -0.3 is 14.2 Å². The summed E-state index contributed by atoms with van der Waals surface area (Å²) in [5.41, 5.74) is 0. The standard InChI is InChI=1S/C69H124O6/c1-4-7-10-13-16-19-22-24-26-28-30-31-32-33-34-35-36-37-39-40-42-44-47-50-53-56-59-62-68(71)74-65-66(64-73-67(70)61-58-55-52-49-46-21-18-15-12-9-6-3)75-69(72)63-60-57-54-51-48-45-43-41-38-29-27-25-23-20-17-14-11-8-5-2/h17,20,22,24-25,27-28,30,38,41,66H,4-16,18-19,21,23,26,29,31-37,39-40,42-65H2,1-3H3/b20-17-,24-22-,27-25-,30-28-,41-38-. The zero-order valence-corrected chi connectivity index (χ0v) is 50.1. The van der Waals surface area contributed by atoms with Crippen LogP contribution in [0.1, 0.15) is 342 Å². The van der Waals surface area contributed by atoms with Crippen LogP contribution >= 0.6 is 0 Å². The molecular formula is C69H124O6. The summed E-state index contributed by atoms with van der Waals surface area (Å²) in [6, 6.07) is 0. The monoisotopic (exact) mass is 1050 g/mol. The van der Waals surface area contributed by atoms with Crippen LogP contribution in [-0.2, 0) is 28.6 Å². The Morgan fingerprint density at radius 2 is 0.480 bits per heavy atom. The molecule has 0 aliphatic carbocycles. The van der Waals surface area contributed by atoms with E-state index in [9.17, 15) is 14.4 Å². The second-order valence-electron chi connectivity index (χ2n) is 22.0. The van der Waals surface area contributed by atoms with Gasteiger partial charge in [-0.3, -0.25) is 14.4 Å². The number of hydrogen-bond donors (Lipinski definition) is 0. The molecule has 0 aromatic rings. The molecule has 0 aromatic carbocycles. The summed E-state index contributed by atoms with van der Waals surface area (Å²) < 4.78 is 16.9. The maximum absolute atomic E-state index is 12.9. The molecule has 0 fully saturated rings. The van der Waals surface area contributed by atoms with Crippen molar-refractivity contribution in [2.45, 2.75) is 348 Å². The van der Waals surface area contributed by atoms with E-state index in [1.54, 1.807) is 0 Å². The van der Waals surface area contributed by atoms with Gasteiger partial charge in [-0.05, 0) is 89.9 Å². The van der Waals surface area contributed by atoms with Gasteiger partial charge in [-0.1, -0.05) is 293 Å². The van der Waals surface area contributed by atoms with Crippen molar-refractivity contribution in [2.24, 2.45) is 0 Å². The Bertz CT molecular complexity index is 1340. The molecule has 0 bridgehead atoms. The van der Waals surface area contributed by atoms with Gasteiger partial charge in [0.25, 0.3) is 0 Å². The summed E-state index contributed by atoms with van der Waals surface area (Å²) >= 11 is 0. The first kappa shape index (κ1) is 72.1. The molecule has 0 N–H and O–H groups in total. The number of hydrogen-bond acceptors (Lipinski definition) is 6. The number of esters is 3. The highest BCUT2D eigenvalue weighted by molar-refractivity contribution is 5.71. The van der Waals surface area contributed by atoms with Crippen LogP contribution in [0.25, 0.3) is 0 Å². The third-order valence-electron chi connectivity index (χ3n) is 14.5. The third-order valence-corrected chi connectivity index (χ3v) is 14.5. The van der Waals surface area contributed by atoms with E-state index >= 15 is 0 Å². The second kappa shape index (κ2) is 63.6. The highest BCUT2D eigenvalue weighted by Crippen LogP contribution is 2.17. The third kappa shape index (κ3) is 61.8. The van der Waals surface area contributed by atoms with Gasteiger partial charge in [0, 0.05) is 19.3 Å². The Labute approximate surface area is 466 Å². The van der Waals surface area contributed by atoms with E-state index in [1.165, 1.54) is 218 Å². The molecule has 0 amide bonds. The van der Waals surface area contributed by atoms with Gasteiger partial charge in [0.2, 0.25) is 0 Å². The average Bonchev–Trinajstić information content (AvgIpc) is 3.41. The normalized spacial score (nSPS) is 12.4. The van der Waals surface area contributed by atoms with Crippen molar-refractivity contribution in [1.29, 1.82) is 0 Å². The molecule has 0 aromatic heterocycles. The zero-order valence-electron chi connectivity index (χ0n) is 50.1. The average molecular weight is 1050 g/mol. The van der Waals surface area contributed by atoms with Crippen molar-refractivity contribution in [3.8, 4) is 0 Å². The number of rotatable bonds is 60. The molecule has 0 aliphatic heterocycles. The van der Waals surface area contributed by atoms with E-state index < -0.39 is 6.10 Å². The Morgan fingerprint density at radius 1 is 0.267 bits per heavy atom. The Kier molecular flexibility index (Phi) is 61.2. The Hall–Kier alpha value is -2.89. The number of unbranched alkanes of at least 4 members (excludes halogenated alkanes) is 39. The lowest BCUT2D eigenvalue weighted by Gasteiger charge is -2.18. The molecule has 436 valence electrons. The van der Waals surface area contributed by atoms with Crippen molar-refractivity contribution in [3.63, 3.8) is 0 Å². The summed E-state index contributed by atoms with van der Waals surface area (Å²) in [5, 5.41) is 0. The minimum Gasteiger partial charge on any atom is -0.462 e. The first-order valence-corrected chi connectivity index (χ1v) is 32.8. The molecule has 0 radical (unpaired) electrons. The summed E-state index contributed by atoms with van der Waals surface area (Å²) in [7, 11) is 0. The van der Waals surface area contributed by atoms with Gasteiger partial charge in [0.05, 0.1) is 0 Å². The number of carbonyl (C=O) groups is 3. The van der Waals surface area contributed by atoms with Crippen molar-refractivity contribution in [1.82, 2.24) is 0 Å². The molecule has 1 atom stereocenters. The van der Waals surface area contributed by atoms with E-state index in [0.717, 1.165) is 83.5 Å². The largest absolute Gasteiger partial charge is 0.462 e. The number of ether oxygens (including phenoxy) is 3. The number of allylic oxidation sites excluding steroid dienone is 10. The van der Waals surface area contributed by atoms with E-state index in [0.29, 0.717) is 19.3 Å². The van der Waals surface area contributed by atoms with Crippen LogP contribution in [0.2, 0.25) is 0 Å². The maximum atomic E-state index is 12.9. The van der Waals surface area contributed by atoms with Crippen LogP contribution in [0.5, 0.6) is 0 Å². The minimum atomic E-state index is -0.779. The molecule has 1 unspecified atom stereocenters. The van der Waals surface area contributed by atoms with Gasteiger partial charge in [-0.25, -0.2) is 0 Å². The van der Waals surface area contributed by atoms with Crippen LogP contribution in [0, 0.1) is 0 Å². The summed E-state index contributed by atoms with van der Waals surface area (Å²) in [6.45, 7) is 6.63. The lowest BCUT2D eigenvalue weighted by atomic mass is 10.0. The maximum Gasteiger partial charge on any atom is 0.306 e. The SMILES string of the molecule is CCCCC/C=C\C/C=C\C/C=C\CCCCCCCCC(=O)OC(COC(=O)CCCCCCCCCCCCC)COC(=O)CCCCCCCCCCCCCCCCC/C=C\C/C=C\CCCCCCC. The fourth-order valence-corrected chi connectivity index (χ4v) is 9.54. The topological polar surface area (TPSA) is 78.9 Å². The minimum absolute atomic E-state index is 0.0759. The molecular weight excluding hydrogens is 925 g/mol. The molecule has 0 rings (SSSR count). The Morgan fingerprint density at radius 3 is 0.773 bits per heavy atom. The molecule has 0 spiro atoms. The molecule has 75 heavy (non-hydrogen) atoms. The molecule has 6 nitrogen and oxygen atoms in total. The molecule has 0 saturated heterocycles. The Balaban J connectivity index is 4.23. The first-order chi connectivity index (χ1) is 37.0. The van der Waals surface area contributed by atoms with Gasteiger partial charge in [-0.15, -0.1) is 0 Å². The van der Waals surface area contributed by atoms with Crippen LogP contribution < -0.4 is 0 Å². The van der Waals surface area contributed by atoms with Crippen molar-refractivity contribution < 1.29 is 28.6 Å². The molecule has 0 saturated carbocycles. The highest BCUT2D eigenvalue weighted by Gasteiger charge is 2.19. The van der Waals surface area contributed by atoms with Crippen molar-refractivity contribution >= 4 is 17.9 Å². The van der Waals surface area contributed by atoms with Crippen LogP contribution in [-0.4, -0.2) is 37.2 Å². The van der Waals surface area contributed by atoms with E-state index in [2.05, 4.69) is 81.5 Å². The van der Waals surface area contributed by atoms with Crippen LogP contribution in [0.15, 0.2) is 60.8 Å². The smallest absolute Gasteiger partial charge is 0.306 e. The molecule has 0 heterocycles. The predicted molar refractivity (Wildman–Crippen MR) is 325 cm³/mol. The van der Waals surface area contributed by atoms with Crippen molar-refractivity contribution in [3.05, 3.63) is 60.8 Å². The second-order valence-corrected chi connectivity index (χ2v) is 22.0. The predicted octanol–water partition coefficient (Wildman–Crippen LogP) is 22.3. The molecule has 0 aliphatic rings. The summed E-state index contributed by atoms with van der Waals surface area (Å²) in [4.78, 5) is 38.3. The van der Waals surface area contributed by atoms with E-state index in [-0.39, 0.29) is 31.1 Å². The van der Waals surface area contributed by atoms with Gasteiger partial charge in [0.15, 0.2) is 6.10 Å². The first-order valence-electron chi connectivity index (χ1n) is 32.8. The lowest BCUT2D eigenvalue weighted by Crippen LogP contribution is -2.30. The molecule has 6 heteroatoms. The fourth-order valence-electron chi connectivity index (χ4n) is 9.54. The van der Waals surface area contributed by atoms with Crippen LogP contribution in [0.4, 0.5) is 0 Å². The van der Waals surface area contributed by atoms with Crippen molar-refractivity contribution in [2.75, 3.05) is 13.2 Å². The van der Waals surface area contributed by atoms with E-state index in [1.807, 2.05) is 0 Å². The zero-order chi connectivity index (χ0) is 54.3. The number of carbonyl (C=O) groups excluding carboxylic acids is 3. The van der Waals surface area contributed by atoms with Gasteiger partial charge >= 0.3 is 17.9 Å². The van der Waals surface area contributed by atoms with Gasteiger partial charge in [0.1, 0.15) is 13.2 Å². The van der Waals surface area contributed by atoms with E-state index in [4.69, 9.17) is 14.2 Å². The highest BCUT2D eigenvalue weighted by atomic mass is 16.6. The fraction of sp³-hybridized carbons (Fsp3) is 0.812. The summed E-state index contributed by atoms with van der Waals surface area (Å²) in [6.07, 6.45) is 80.9. The van der Waals surface area contributed by atoms with Gasteiger partial charge in [-0.2, -0.15) is 0 Å². The lowest BCUT2D eigenvalue weighted by molar-refractivity contribution is -0.167. The quantitative estimate of drug-likeness (QED) is 0.0261. The summed E-state index contributed by atoms with van der Waals surface area (Å²) in [5.74, 6) is -0.872.